The summed E-state index contributed by atoms with van der Waals surface area (Å²) in [6.45, 7) is 0. The Hall–Kier alpha value is -7.99. The van der Waals surface area contributed by atoms with E-state index in [2.05, 4.69) is 205 Å². The van der Waals surface area contributed by atoms with E-state index in [0.717, 1.165) is 43.6 Å². The van der Waals surface area contributed by atoms with Crippen LogP contribution >= 0.6 is 11.3 Å². The SMILES string of the molecule is c1ccc(-c2cccc(-c3nc(-c4ccc5c(ccc6ccccc65)c4)nc(-c4ccc(-n5c6ccccc6c6cc7ccccc7cc65)c5c4sc4ccccc45)n3)c2)cc1. The van der Waals surface area contributed by atoms with Gasteiger partial charge in [-0.1, -0.05) is 158 Å². The van der Waals surface area contributed by atoms with Gasteiger partial charge in [-0.25, -0.2) is 15.0 Å². The standard InChI is InChI=1S/C57H34N4S/c1-2-13-35(14-3-1)37-18-12-19-41(31-37)55-58-56(42-27-28-44-40(32-42)26-25-36-15-6-7-20-43(36)44)60-57(59-55)47-29-30-50(53-46-22-9-11-24-52(46)62-54(47)53)61-49-23-10-8-21-45(49)48-33-38-16-4-5-17-39(38)34-51(48)61/h1-34H. The summed E-state index contributed by atoms with van der Waals surface area (Å²) < 4.78 is 4.82. The molecule has 0 saturated heterocycles. The third-order valence-electron chi connectivity index (χ3n) is 12.4. The first kappa shape index (κ1) is 34.8. The van der Waals surface area contributed by atoms with Gasteiger partial charge in [-0.15, -0.1) is 11.3 Å². The van der Waals surface area contributed by atoms with Crippen LogP contribution in [0.1, 0.15) is 0 Å². The van der Waals surface area contributed by atoms with E-state index < -0.39 is 0 Å². The number of hydrogen-bond donors (Lipinski definition) is 0. The van der Waals surface area contributed by atoms with Crippen LogP contribution in [0.25, 0.3) is 125 Å². The Morgan fingerprint density at radius 2 is 0.968 bits per heavy atom. The lowest BCUT2D eigenvalue weighted by atomic mass is 10.00. The molecule has 13 aromatic rings. The van der Waals surface area contributed by atoms with E-state index in [9.17, 15) is 0 Å². The van der Waals surface area contributed by atoms with E-state index in [4.69, 9.17) is 15.0 Å². The number of fused-ring (bicyclic) bond motifs is 10. The summed E-state index contributed by atoms with van der Waals surface area (Å²) in [5.74, 6) is 1.91. The van der Waals surface area contributed by atoms with Crippen LogP contribution in [0, 0.1) is 0 Å². The quantitative estimate of drug-likeness (QED) is 0.163. The number of nitrogens with zero attached hydrogens (tertiary/aromatic N) is 4. The van der Waals surface area contributed by atoms with Crippen LogP contribution in [0.5, 0.6) is 0 Å². The third kappa shape index (κ3) is 5.49. The Balaban J connectivity index is 1.07. The van der Waals surface area contributed by atoms with E-state index in [0.29, 0.717) is 17.5 Å². The first-order valence-electron chi connectivity index (χ1n) is 20.9. The molecule has 0 amide bonds. The van der Waals surface area contributed by atoms with E-state index in [1.165, 1.54) is 64.2 Å². The number of hydrogen-bond acceptors (Lipinski definition) is 4. The number of rotatable bonds is 5. The normalized spacial score (nSPS) is 11.9. The summed E-state index contributed by atoms with van der Waals surface area (Å²) in [5, 5.41) is 12.1. The monoisotopic (exact) mass is 806 g/mol. The first-order chi connectivity index (χ1) is 30.7. The molecule has 5 heteroatoms. The highest BCUT2D eigenvalue weighted by Crippen LogP contribution is 2.45. The second kappa shape index (κ2) is 13.8. The maximum atomic E-state index is 5.37. The van der Waals surface area contributed by atoms with E-state index >= 15 is 0 Å². The minimum atomic E-state index is 0.633. The van der Waals surface area contributed by atoms with Crippen molar-refractivity contribution in [2.24, 2.45) is 0 Å². The molecule has 0 fully saturated rings. The summed E-state index contributed by atoms with van der Waals surface area (Å²) >= 11 is 1.80. The van der Waals surface area contributed by atoms with Crippen molar-refractivity contribution in [2.45, 2.75) is 0 Å². The van der Waals surface area contributed by atoms with Gasteiger partial charge in [-0.2, -0.15) is 0 Å². The van der Waals surface area contributed by atoms with Gasteiger partial charge in [0.1, 0.15) is 0 Å². The number of para-hydroxylation sites is 1. The molecular formula is C57H34N4S. The number of thiophene rings is 1. The van der Waals surface area contributed by atoms with Crippen molar-refractivity contribution in [3.63, 3.8) is 0 Å². The van der Waals surface area contributed by atoms with Crippen molar-refractivity contribution in [3.05, 3.63) is 206 Å². The highest BCUT2D eigenvalue weighted by Gasteiger charge is 2.22. The zero-order valence-corrected chi connectivity index (χ0v) is 34.1. The molecule has 0 saturated carbocycles. The van der Waals surface area contributed by atoms with Gasteiger partial charge in [0, 0.05) is 47.6 Å². The van der Waals surface area contributed by atoms with Gasteiger partial charge < -0.3 is 4.57 Å². The molecule has 13 rings (SSSR count). The van der Waals surface area contributed by atoms with Crippen LogP contribution in [0.3, 0.4) is 0 Å². The molecule has 0 bridgehead atoms. The second-order valence-corrected chi connectivity index (χ2v) is 17.0. The molecule has 4 nitrogen and oxygen atoms in total. The number of benzene rings is 10. The van der Waals surface area contributed by atoms with Crippen molar-refractivity contribution in [3.8, 4) is 51.0 Å². The molecule has 0 aliphatic carbocycles. The lowest BCUT2D eigenvalue weighted by Crippen LogP contribution is -2.01. The molecule has 0 unspecified atom stereocenters. The largest absolute Gasteiger partial charge is 0.309 e. The van der Waals surface area contributed by atoms with Crippen molar-refractivity contribution in [2.75, 3.05) is 0 Å². The maximum Gasteiger partial charge on any atom is 0.165 e. The smallest absolute Gasteiger partial charge is 0.165 e. The Morgan fingerprint density at radius 1 is 0.339 bits per heavy atom. The number of aromatic nitrogens is 4. The summed E-state index contributed by atoms with van der Waals surface area (Å²) in [6, 6.07) is 73.9. The van der Waals surface area contributed by atoms with E-state index in [1.807, 2.05) is 6.07 Å². The van der Waals surface area contributed by atoms with Crippen LogP contribution in [0.2, 0.25) is 0 Å². The predicted molar refractivity (Wildman–Crippen MR) is 261 cm³/mol. The fourth-order valence-corrected chi connectivity index (χ4v) is 10.7. The van der Waals surface area contributed by atoms with Gasteiger partial charge in [0.2, 0.25) is 0 Å². The average molecular weight is 807 g/mol. The summed E-state index contributed by atoms with van der Waals surface area (Å²) in [7, 11) is 0. The molecule has 10 aromatic carbocycles. The van der Waals surface area contributed by atoms with Crippen molar-refractivity contribution in [1.82, 2.24) is 19.5 Å². The van der Waals surface area contributed by atoms with Crippen molar-refractivity contribution in [1.29, 1.82) is 0 Å². The Labute approximate surface area is 360 Å². The van der Waals surface area contributed by atoms with Crippen LogP contribution in [-0.4, -0.2) is 19.5 Å². The lowest BCUT2D eigenvalue weighted by molar-refractivity contribution is 1.08. The van der Waals surface area contributed by atoms with Gasteiger partial charge in [-0.05, 0) is 92.0 Å². The molecule has 0 spiro atoms. The molecule has 0 N–H and O–H groups in total. The molecule has 0 aliphatic heterocycles. The molecule has 288 valence electrons. The van der Waals surface area contributed by atoms with Crippen LogP contribution in [-0.2, 0) is 0 Å². The zero-order valence-electron chi connectivity index (χ0n) is 33.3. The Kier molecular flexibility index (Phi) is 7.74. The van der Waals surface area contributed by atoms with Crippen molar-refractivity contribution >= 4 is 85.6 Å². The molecule has 3 heterocycles. The van der Waals surface area contributed by atoms with Gasteiger partial charge in [0.25, 0.3) is 0 Å². The Morgan fingerprint density at radius 3 is 1.82 bits per heavy atom. The average Bonchev–Trinajstić information content (AvgIpc) is 3.89. The summed E-state index contributed by atoms with van der Waals surface area (Å²) in [6.07, 6.45) is 0. The van der Waals surface area contributed by atoms with E-state index in [-0.39, 0.29) is 0 Å². The van der Waals surface area contributed by atoms with E-state index in [1.54, 1.807) is 11.3 Å². The predicted octanol–water partition coefficient (Wildman–Crippen LogP) is 15.5. The van der Waals surface area contributed by atoms with Gasteiger partial charge in [-0.3, -0.25) is 0 Å². The highest BCUT2D eigenvalue weighted by molar-refractivity contribution is 7.26. The fraction of sp³-hybridized carbons (Fsp3) is 0. The van der Waals surface area contributed by atoms with Gasteiger partial charge in [0.15, 0.2) is 17.5 Å². The van der Waals surface area contributed by atoms with Crippen LogP contribution in [0.4, 0.5) is 0 Å². The minimum Gasteiger partial charge on any atom is -0.309 e. The maximum absolute atomic E-state index is 5.37. The molecule has 0 radical (unpaired) electrons. The van der Waals surface area contributed by atoms with Crippen LogP contribution in [0.15, 0.2) is 206 Å². The van der Waals surface area contributed by atoms with Gasteiger partial charge >= 0.3 is 0 Å². The molecule has 0 atom stereocenters. The molecular weight excluding hydrogens is 773 g/mol. The molecule has 3 aromatic heterocycles. The molecule has 62 heavy (non-hydrogen) atoms. The summed E-state index contributed by atoms with van der Waals surface area (Å²) in [5.41, 5.74) is 8.60. The lowest BCUT2D eigenvalue weighted by Gasteiger charge is -2.14. The van der Waals surface area contributed by atoms with Crippen molar-refractivity contribution < 1.29 is 0 Å². The topological polar surface area (TPSA) is 43.6 Å². The highest BCUT2D eigenvalue weighted by atomic mass is 32.1. The first-order valence-corrected chi connectivity index (χ1v) is 21.7. The summed E-state index contributed by atoms with van der Waals surface area (Å²) in [4.78, 5) is 16.0. The zero-order chi connectivity index (χ0) is 40.7. The third-order valence-corrected chi connectivity index (χ3v) is 13.6. The minimum absolute atomic E-state index is 0.633. The molecule has 0 aliphatic rings. The van der Waals surface area contributed by atoms with Crippen LogP contribution < -0.4 is 0 Å². The Bertz CT molecular complexity index is 3940. The van der Waals surface area contributed by atoms with Gasteiger partial charge in [0.05, 0.1) is 16.7 Å². The second-order valence-electron chi connectivity index (χ2n) is 16.0. The fourth-order valence-electron chi connectivity index (χ4n) is 9.46.